The van der Waals surface area contributed by atoms with Crippen LogP contribution in [0.5, 0.6) is 0 Å². The van der Waals surface area contributed by atoms with Crippen LogP contribution in [0.15, 0.2) is 30.5 Å². The Kier molecular flexibility index (Phi) is 3.50. The van der Waals surface area contributed by atoms with Crippen LogP contribution in [-0.2, 0) is 13.5 Å². The molecule has 0 radical (unpaired) electrons. The summed E-state index contributed by atoms with van der Waals surface area (Å²) in [5.41, 5.74) is 2.30. The van der Waals surface area contributed by atoms with Crippen molar-refractivity contribution in [1.29, 1.82) is 0 Å². The van der Waals surface area contributed by atoms with Crippen LogP contribution in [0.25, 0.3) is 0 Å². The molecule has 2 aromatic rings. The summed E-state index contributed by atoms with van der Waals surface area (Å²) in [5, 5.41) is 10.6. The Morgan fingerprint density at radius 1 is 1.35 bits per heavy atom. The van der Waals surface area contributed by atoms with Crippen molar-refractivity contribution in [3.05, 3.63) is 52.6 Å². The monoisotopic (exact) mass is 250 g/mol. The first-order valence-electron chi connectivity index (χ1n) is 5.48. The minimum atomic E-state index is -0.629. The van der Waals surface area contributed by atoms with Crippen molar-refractivity contribution < 1.29 is 5.11 Å². The fourth-order valence-electron chi connectivity index (χ4n) is 1.75. The summed E-state index contributed by atoms with van der Waals surface area (Å²) in [4.78, 5) is 4.11. The van der Waals surface area contributed by atoms with E-state index in [4.69, 9.17) is 11.6 Å². The molecule has 0 aliphatic carbocycles. The van der Waals surface area contributed by atoms with Gasteiger partial charge in [0, 0.05) is 13.5 Å². The average molecular weight is 251 g/mol. The van der Waals surface area contributed by atoms with E-state index in [1.54, 1.807) is 17.8 Å². The van der Waals surface area contributed by atoms with Crippen LogP contribution in [0.4, 0.5) is 0 Å². The fourth-order valence-corrected chi connectivity index (χ4v) is 1.89. The summed E-state index contributed by atoms with van der Waals surface area (Å²) in [6.07, 6.45) is 1.46. The minimum Gasteiger partial charge on any atom is -0.385 e. The fraction of sp³-hybridized carbons (Fsp3) is 0.308. The summed E-state index contributed by atoms with van der Waals surface area (Å²) in [5.74, 6) is 0.593. The number of halogens is 1. The quantitative estimate of drug-likeness (QED) is 0.910. The number of rotatable bonds is 3. The van der Waals surface area contributed by atoms with Crippen LogP contribution in [0.2, 0.25) is 5.15 Å². The molecule has 1 N–H and O–H groups in total. The molecular weight excluding hydrogens is 236 g/mol. The summed E-state index contributed by atoms with van der Waals surface area (Å²) in [6, 6.07) is 8.10. The van der Waals surface area contributed by atoms with E-state index in [2.05, 4.69) is 4.98 Å². The molecule has 1 heterocycles. The van der Waals surface area contributed by atoms with Gasteiger partial charge < -0.3 is 9.67 Å². The smallest absolute Gasteiger partial charge is 0.138 e. The van der Waals surface area contributed by atoms with Crippen LogP contribution in [0, 0.1) is 6.92 Å². The highest BCUT2D eigenvalue weighted by Crippen LogP contribution is 2.20. The number of hydrogen-bond acceptors (Lipinski definition) is 2. The van der Waals surface area contributed by atoms with Gasteiger partial charge in [0.15, 0.2) is 0 Å². The Bertz CT molecular complexity index is 505. The molecule has 0 amide bonds. The summed E-state index contributed by atoms with van der Waals surface area (Å²) in [6.45, 7) is 2.04. The largest absolute Gasteiger partial charge is 0.385 e. The molecule has 1 aromatic carbocycles. The molecule has 0 saturated heterocycles. The maximum absolute atomic E-state index is 10.1. The van der Waals surface area contributed by atoms with Crippen molar-refractivity contribution in [3.8, 4) is 0 Å². The van der Waals surface area contributed by atoms with E-state index < -0.39 is 6.10 Å². The molecule has 1 aromatic heterocycles. The number of aliphatic hydroxyl groups is 1. The number of aromatic nitrogens is 2. The zero-order chi connectivity index (χ0) is 12.4. The number of aryl methyl sites for hydroxylation is 1. The van der Waals surface area contributed by atoms with E-state index in [1.807, 2.05) is 31.2 Å². The molecule has 0 spiro atoms. The van der Waals surface area contributed by atoms with E-state index in [-0.39, 0.29) is 0 Å². The molecule has 3 nitrogen and oxygen atoms in total. The topological polar surface area (TPSA) is 38.1 Å². The second kappa shape index (κ2) is 4.90. The molecule has 0 bridgehead atoms. The molecule has 2 rings (SSSR count). The SMILES string of the molecule is Cc1ccc(CC(O)c2ncc(Cl)n2C)cc1. The normalized spacial score (nSPS) is 12.7. The van der Waals surface area contributed by atoms with Crippen molar-refractivity contribution >= 4 is 11.6 Å². The number of aliphatic hydroxyl groups excluding tert-OH is 1. The van der Waals surface area contributed by atoms with Crippen molar-refractivity contribution in [2.45, 2.75) is 19.4 Å². The molecule has 17 heavy (non-hydrogen) atoms. The third-order valence-corrected chi connectivity index (χ3v) is 3.17. The van der Waals surface area contributed by atoms with E-state index >= 15 is 0 Å². The van der Waals surface area contributed by atoms with E-state index in [9.17, 15) is 5.11 Å². The molecular formula is C13H15ClN2O. The third kappa shape index (κ3) is 2.68. The van der Waals surface area contributed by atoms with Crippen LogP contribution < -0.4 is 0 Å². The van der Waals surface area contributed by atoms with Gasteiger partial charge in [0.2, 0.25) is 0 Å². The molecule has 0 fully saturated rings. The Morgan fingerprint density at radius 2 is 2.00 bits per heavy atom. The van der Waals surface area contributed by atoms with Gasteiger partial charge in [-0.3, -0.25) is 0 Å². The minimum absolute atomic E-state index is 0.531. The zero-order valence-electron chi connectivity index (χ0n) is 9.89. The molecule has 0 saturated carbocycles. The van der Waals surface area contributed by atoms with Crippen LogP contribution >= 0.6 is 11.6 Å². The Labute approximate surface area is 106 Å². The van der Waals surface area contributed by atoms with Gasteiger partial charge in [-0.25, -0.2) is 4.98 Å². The zero-order valence-corrected chi connectivity index (χ0v) is 10.6. The van der Waals surface area contributed by atoms with E-state index in [0.29, 0.717) is 17.4 Å². The van der Waals surface area contributed by atoms with Gasteiger partial charge in [0.05, 0.1) is 6.20 Å². The number of benzene rings is 1. The highest BCUT2D eigenvalue weighted by Gasteiger charge is 2.15. The average Bonchev–Trinajstić information content (AvgIpc) is 2.63. The third-order valence-electron chi connectivity index (χ3n) is 2.82. The van der Waals surface area contributed by atoms with Gasteiger partial charge in [-0.15, -0.1) is 0 Å². The highest BCUT2D eigenvalue weighted by molar-refractivity contribution is 6.29. The van der Waals surface area contributed by atoms with Gasteiger partial charge in [-0.05, 0) is 12.5 Å². The number of nitrogens with zero attached hydrogens (tertiary/aromatic N) is 2. The summed E-state index contributed by atoms with van der Waals surface area (Å²) in [7, 11) is 1.79. The van der Waals surface area contributed by atoms with Crippen molar-refractivity contribution in [2.75, 3.05) is 0 Å². The Morgan fingerprint density at radius 3 is 2.53 bits per heavy atom. The molecule has 90 valence electrons. The molecule has 1 unspecified atom stereocenters. The number of hydrogen-bond donors (Lipinski definition) is 1. The van der Waals surface area contributed by atoms with Crippen molar-refractivity contribution in [1.82, 2.24) is 9.55 Å². The first-order chi connectivity index (χ1) is 8.08. The Hall–Kier alpha value is -1.32. The second-order valence-corrected chi connectivity index (χ2v) is 4.59. The standard InChI is InChI=1S/C13H15ClN2O/c1-9-3-5-10(6-4-9)7-11(17)13-15-8-12(14)16(13)2/h3-6,8,11,17H,7H2,1-2H3. The van der Waals surface area contributed by atoms with Crippen LogP contribution in [0.3, 0.4) is 0 Å². The maximum atomic E-state index is 10.1. The predicted molar refractivity (Wildman–Crippen MR) is 68.1 cm³/mol. The Balaban J connectivity index is 2.14. The lowest BCUT2D eigenvalue weighted by Crippen LogP contribution is -2.08. The van der Waals surface area contributed by atoms with Gasteiger partial charge >= 0.3 is 0 Å². The van der Waals surface area contributed by atoms with Gasteiger partial charge in [0.1, 0.15) is 17.1 Å². The lowest BCUT2D eigenvalue weighted by Gasteiger charge is -2.11. The van der Waals surface area contributed by atoms with Crippen LogP contribution in [-0.4, -0.2) is 14.7 Å². The van der Waals surface area contributed by atoms with E-state index in [1.165, 1.54) is 5.56 Å². The van der Waals surface area contributed by atoms with Crippen LogP contribution in [0.1, 0.15) is 23.1 Å². The highest BCUT2D eigenvalue weighted by atomic mass is 35.5. The first-order valence-corrected chi connectivity index (χ1v) is 5.86. The number of imidazole rings is 1. The van der Waals surface area contributed by atoms with Gasteiger partial charge in [-0.2, -0.15) is 0 Å². The predicted octanol–water partition coefficient (Wildman–Crippen LogP) is 2.66. The lowest BCUT2D eigenvalue weighted by atomic mass is 10.1. The van der Waals surface area contributed by atoms with Crippen molar-refractivity contribution in [3.63, 3.8) is 0 Å². The maximum Gasteiger partial charge on any atom is 0.138 e. The molecule has 4 heteroatoms. The first kappa shape index (κ1) is 12.1. The van der Waals surface area contributed by atoms with E-state index in [0.717, 1.165) is 5.56 Å². The van der Waals surface area contributed by atoms with Gasteiger partial charge in [0.25, 0.3) is 0 Å². The summed E-state index contributed by atoms with van der Waals surface area (Å²) < 4.78 is 1.69. The second-order valence-electron chi connectivity index (χ2n) is 4.20. The summed E-state index contributed by atoms with van der Waals surface area (Å²) >= 11 is 5.89. The molecule has 0 aliphatic rings. The van der Waals surface area contributed by atoms with Crippen molar-refractivity contribution in [2.24, 2.45) is 7.05 Å². The van der Waals surface area contributed by atoms with Gasteiger partial charge in [-0.1, -0.05) is 41.4 Å². The molecule has 1 atom stereocenters. The lowest BCUT2D eigenvalue weighted by molar-refractivity contribution is 0.165. The molecule has 0 aliphatic heterocycles.